The second-order valence-electron chi connectivity index (χ2n) is 5.94. The summed E-state index contributed by atoms with van der Waals surface area (Å²) in [5.74, 6) is -0.610. The maximum atomic E-state index is 13.1. The third-order valence-electron chi connectivity index (χ3n) is 4.41. The molecule has 3 heterocycles. The van der Waals surface area contributed by atoms with Crippen molar-refractivity contribution in [1.29, 1.82) is 0 Å². The highest BCUT2D eigenvalue weighted by molar-refractivity contribution is 7.11. The fourth-order valence-corrected chi connectivity index (χ4v) is 4.31. The Kier molecular flexibility index (Phi) is 4.31. The van der Waals surface area contributed by atoms with Crippen LogP contribution in [0.25, 0.3) is 5.57 Å². The van der Waals surface area contributed by atoms with Gasteiger partial charge in [-0.15, -0.1) is 11.3 Å². The smallest absolute Gasteiger partial charge is 0.282 e. The number of benzene rings is 1. The molecule has 0 radical (unpaired) electrons. The average Bonchev–Trinajstić information content (AvgIpc) is 3.31. The first kappa shape index (κ1) is 16.6. The van der Waals surface area contributed by atoms with Gasteiger partial charge in [0.2, 0.25) is 0 Å². The van der Waals surface area contributed by atoms with Gasteiger partial charge in [0.1, 0.15) is 5.70 Å². The second kappa shape index (κ2) is 6.48. The summed E-state index contributed by atoms with van der Waals surface area (Å²) < 4.78 is 0. The zero-order valence-electron chi connectivity index (χ0n) is 13.2. The lowest BCUT2D eigenvalue weighted by Gasteiger charge is -2.20. The number of anilines is 1. The van der Waals surface area contributed by atoms with Crippen molar-refractivity contribution in [2.24, 2.45) is 0 Å². The van der Waals surface area contributed by atoms with E-state index in [2.05, 4.69) is 0 Å². The molecule has 4 nitrogen and oxygen atoms in total. The number of hydrogen-bond donors (Lipinski definition) is 0. The highest BCUT2D eigenvalue weighted by Crippen LogP contribution is 2.38. The van der Waals surface area contributed by atoms with Crippen LogP contribution >= 0.6 is 34.5 Å². The molecule has 2 aliphatic rings. The van der Waals surface area contributed by atoms with Crippen LogP contribution in [-0.2, 0) is 9.59 Å². The van der Waals surface area contributed by atoms with Gasteiger partial charge < -0.3 is 4.90 Å². The Hall–Kier alpha value is -1.82. The SMILES string of the molecule is O=C1C(c2cccs2)=C(N2CCCC2)C(=O)N1c1ccc(Cl)c(Cl)c1. The van der Waals surface area contributed by atoms with Crippen LogP contribution in [0.1, 0.15) is 17.7 Å². The van der Waals surface area contributed by atoms with E-state index in [1.807, 2.05) is 22.4 Å². The van der Waals surface area contributed by atoms with E-state index in [9.17, 15) is 9.59 Å². The third kappa shape index (κ3) is 2.76. The molecule has 1 fully saturated rings. The molecule has 0 N–H and O–H groups in total. The van der Waals surface area contributed by atoms with Crippen molar-refractivity contribution in [2.45, 2.75) is 12.8 Å². The van der Waals surface area contributed by atoms with Crippen molar-refractivity contribution in [1.82, 2.24) is 4.90 Å². The monoisotopic (exact) mass is 392 g/mol. The van der Waals surface area contributed by atoms with E-state index < -0.39 is 0 Å². The Morgan fingerprint density at radius 1 is 0.960 bits per heavy atom. The fourth-order valence-electron chi connectivity index (χ4n) is 3.25. The first-order chi connectivity index (χ1) is 12.1. The number of carbonyl (C=O) groups excluding carboxylic acids is 2. The number of hydrogen-bond acceptors (Lipinski definition) is 4. The van der Waals surface area contributed by atoms with Crippen molar-refractivity contribution in [3.8, 4) is 0 Å². The summed E-state index contributed by atoms with van der Waals surface area (Å²) in [5, 5.41) is 2.60. The predicted molar refractivity (Wildman–Crippen MR) is 101 cm³/mol. The highest BCUT2D eigenvalue weighted by Gasteiger charge is 2.43. The van der Waals surface area contributed by atoms with Gasteiger partial charge in [-0.1, -0.05) is 29.3 Å². The van der Waals surface area contributed by atoms with Gasteiger partial charge in [0.25, 0.3) is 11.8 Å². The zero-order chi connectivity index (χ0) is 17.6. The molecule has 25 heavy (non-hydrogen) atoms. The van der Waals surface area contributed by atoms with E-state index in [-0.39, 0.29) is 11.8 Å². The van der Waals surface area contributed by atoms with Gasteiger partial charge in [-0.05, 0) is 42.5 Å². The summed E-state index contributed by atoms with van der Waals surface area (Å²) >= 11 is 13.5. The van der Waals surface area contributed by atoms with Crippen LogP contribution in [-0.4, -0.2) is 29.8 Å². The first-order valence-electron chi connectivity index (χ1n) is 7.95. The normalized spacial score (nSPS) is 18.0. The largest absolute Gasteiger partial charge is 0.366 e. The Balaban J connectivity index is 1.82. The minimum absolute atomic E-state index is 0.298. The maximum absolute atomic E-state index is 13.1. The Bertz CT molecular complexity index is 886. The van der Waals surface area contributed by atoms with Crippen molar-refractivity contribution < 1.29 is 9.59 Å². The second-order valence-corrected chi connectivity index (χ2v) is 7.70. The van der Waals surface area contributed by atoms with Gasteiger partial charge >= 0.3 is 0 Å². The van der Waals surface area contributed by atoms with E-state index in [0.717, 1.165) is 30.8 Å². The highest BCUT2D eigenvalue weighted by atomic mass is 35.5. The van der Waals surface area contributed by atoms with Crippen molar-refractivity contribution in [3.63, 3.8) is 0 Å². The molecule has 0 spiro atoms. The summed E-state index contributed by atoms with van der Waals surface area (Å²) in [6.07, 6.45) is 2.05. The number of thiophene rings is 1. The number of amides is 2. The van der Waals surface area contributed by atoms with Crippen LogP contribution in [0.2, 0.25) is 10.0 Å². The average molecular weight is 393 g/mol. The summed E-state index contributed by atoms with van der Waals surface area (Å²) in [5.41, 5.74) is 1.41. The Labute approximate surface area is 159 Å². The number of rotatable bonds is 3. The molecule has 0 unspecified atom stereocenters. The van der Waals surface area contributed by atoms with E-state index in [4.69, 9.17) is 23.2 Å². The lowest BCUT2D eigenvalue weighted by molar-refractivity contribution is -0.120. The van der Waals surface area contributed by atoms with Crippen molar-refractivity contribution in [2.75, 3.05) is 18.0 Å². The van der Waals surface area contributed by atoms with Gasteiger partial charge in [0.05, 0.1) is 21.3 Å². The molecule has 0 bridgehead atoms. The summed E-state index contributed by atoms with van der Waals surface area (Å²) in [6.45, 7) is 1.58. The number of likely N-dealkylation sites (tertiary alicyclic amines) is 1. The maximum Gasteiger partial charge on any atom is 0.282 e. The topological polar surface area (TPSA) is 40.6 Å². The van der Waals surface area contributed by atoms with Crippen LogP contribution in [0.3, 0.4) is 0 Å². The van der Waals surface area contributed by atoms with E-state index in [1.54, 1.807) is 18.2 Å². The van der Waals surface area contributed by atoms with Crippen LogP contribution in [0.5, 0.6) is 0 Å². The molecular formula is C18H14Cl2N2O2S. The standard InChI is InChI=1S/C18H14Cl2N2O2S/c19-12-6-5-11(10-13(12)20)22-17(23)15(14-4-3-9-25-14)16(18(22)24)21-7-1-2-8-21/h3-6,9-10H,1-2,7-8H2. The molecule has 7 heteroatoms. The number of halogens is 2. The summed E-state index contributed by atoms with van der Waals surface area (Å²) in [6, 6.07) is 8.55. The van der Waals surface area contributed by atoms with E-state index in [0.29, 0.717) is 27.0 Å². The molecule has 1 aromatic heterocycles. The molecule has 128 valence electrons. The Morgan fingerprint density at radius 3 is 2.36 bits per heavy atom. The van der Waals surface area contributed by atoms with E-state index >= 15 is 0 Å². The predicted octanol–water partition coefficient (Wildman–Crippen LogP) is 4.44. The fraction of sp³-hybridized carbons (Fsp3) is 0.222. The molecule has 0 aliphatic carbocycles. The molecule has 1 aromatic carbocycles. The molecule has 0 saturated carbocycles. The van der Waals surface area contributed by atoms with Crippen LogP contribution < -0.4 is 4.90 Å². The summed E-state index contributed by atoms with van der Waals surface area (Å²) in [4.78, 5) is 30.3. The van der Waals surface area contributed by atoms with Crippen molar-refractivity contribution in [3.05, 3.63) is 56.3 Å². The van der Waals surface area contributed by atoms with E-state index in [1.165, 1.54) is 16.2 Å². The zero-order valence-corrected chi connectivity index (χ0v) is 15.5. The van der Waals surface area contributed by atoms with Gasteiger partial charge in [-0.2, -0.15) is 0 Å². The molecule has 4 rings (SSSR count). The van der Waals surface area contributed by atoms with Gasteiger partial charge in [0, 0.05) is 18.0 Å². The molecule has 2 aliphatic heterocycles. The quantitative estimate of drug-likeness (QED) is 0.725. The summed E-state index contributed by atoms with van der Waals surface area (Å²) in [7, 11) is 0. The molecular weight excluding hydrogens is 379 g/mol. The minimum Gasteiger partial charge on any atom is -0.366 e. The third-order valence-corrected chi connectivity index (χ3v) is 6.04. The van der Waals surface area contributed by atoms with Gasteiger partial charge in [-0.3, -0.25) is 9.59 Å². The van der Waals surface area contributed by atoms with Gasteiger partial charge in [0.15, 0.2) is 0 Å². The minimum atomic E-state index is -0.312. The van der Waals surface area contributed by atoms with Crippen LogP contribution in [0.4, 0.5) is 5.69 Å². The van der Waals surface area contributed by atoms with Gasteiger partial charge in [-0.25, -0.2) is 4.90 Å². The van der Waals surface area contributed by atoms with Crippen LogP contribution in [0, 0.1) is 0 Å². The molecule has 2 aromatic rings. The molecule has 1 saturated heterocycles. The Morgan fingerprint density at radius 2 is 1.72 bits per heavy atom. The number of carbonyl (C=O) groups is 2. The molecule has 0 atom stereocenters. The molecule has 2 amide bonds. The lowest BCUT2D eigenvalue weighted by Crippen LogP contribution is -2.34. The lowest BCUT2D eigenvalue weighted by atomic mass is 10.2. The van der Waals surface area contributed by atoms with Crippen molar-refractivity contribution >= 4 is 57.6 Å². The first-order valence-corrected chi connectivity index (χ1v) is 9.58. The van der Waals surface area contributed by atoms with Crippen LogP contribution in [0.15, 0.2) is 41.4 Å². The number of imide groups is 1. The number of nitrogens with zero attached hydrogens (tertiary/aromatic N) is 2.